The maximum atomic E-state index is 13.1. The lowest BCUT2D eigenvalue weighted by atomic mass is 9.75. The van der Waals surface area contributed by atoms with Gasteiger partial charge in [0.1, 0.15) is 5.76 Å². The van der Waals surface area contributed by atoms with Crippen molar-refractivity contribution >= 4 is 34.6 Å². The summed E-state index contributed by atoms with van der Waals surface area (Å²) in [7, 11) is 0. The molecular weight excluding hydrogens is 410 g/mol. The molecule has 1 aromatic heterocycles. The smallest absolute Gasteiger partial charge is 0.291 e. The summed E-state index contributed by atoms with van der Waals surface area (Å²) in [6.07, 6.45) is 1.53. The zero-order chi connectivity index (χ0) is 22.2. The molecule has 2 N–H and O–H groups in total. The SMILES string of the molecule is Cc1c(Cl)cccc1NC(=O)c1oc2c(c1C)/C(=N\Nc1ccccc1)CC(C)(C)C2. The van der Waals surface area contributed by atoms with E-state index < -0.39 is 0 Å². The highest BCUT2D eigenvalue weighted by molar-refractivity contribution is 6.31. The minimum atomic E-state index is -0.287. The van der Waals surface area contributed by atoms with Crippen LogP contribution in [0.15, 0.2) is 58.0 Å². The van der Waals surface area contributed by atoms with Gasteiger partial charge in [0.2, 0.25) is 0 Å². The van der Waals surface area contributed by atoms with E-state index >= 15 is 0 Å². The fourth-order valence-electron chi connectivity index (χ4n) is 3.99. The molecule has 160 valence electrons. The Labute approximate surface area is 187 Å². The predicted molar refractivity (Wildman–Crippen MR) is 126 cm³/mol. The number of benzene rings is 2. The van der Waals surface area contributed by atoms with Gasteiger partial charge in [-0.25, -0.2) is 0 Å². The summed E-state index contributed by atoms with van der Waals surface area (Å²) in [6.45, 7) is 8.15. The molecule has 0 bridgehead atoms. The number of anilines is 2. The van der Waals surface area contributed by atoms with E-state index in [1.54, 1.807) is 6.07 Å². The van der Waals surface area contributed by atoms with Gasteiger partial charge in [-0.15, -0.1) is 0 Å². The number of hydrogen-bond acceptors (Lipinski definition) is 4. The lowest BCUT2D eigenvalue weighted by molar-refractivity contribution is 0.0992. The first-order valence-corrected chi connectivity index (χ1v) is 10.7. The van der Waals surface area contributed by atoms with Crippen molar-refractivity contribution in [2.24, 2.45) is 10.5 Å². The zero-order valence-corrected chi connectivity index (χ0v) is 18.9. The number of hydrogen-bond donors (Lipinski definition) is 2. The molecule has 3 aromatic rings. The second-order valence-corrected chi connectivity index (χ2v) is 9.18. The third kappa shape index (κ3) is 4.37. The number of hydrazone groups is 1. The first-order chi connectivity index (χ1) is 14.7. The fraction of sp³-hybridized carbons (Fsp3) is 0.280. The molecule has 0 atom stereocenters. The van der Waals surface area contributed by atoms with Gasteiger partial charge in [0.05, 0.1) is 11.4 Å². The van der Waals surface area contributed by atoms with Gasteiger partial charge >= 0.3 is 0 Å². The Morgan fingerprint density at radius 3 is 2.52 bits per heavy atom. The highest BCUT2D eigenvalue weighted by Gasteiger charge is 2.36. The number of carbonyl (C=O) groups excluding carboxylic acids is 1. The van der Waals surface area contributed by atoms with E-state index in [0.717, 1.165) is 46.7 Å². The number of rotatable bonds is 4. The molecule has 2 aromatic carbocycles. The molecule has 5 nitrogen and oxygen atoms in total. The van der Waals surface area contributed by atoms with Crippen LogP contribution >= 0.6 is 11.6 Å². The van der Waals surface area contributed by atoms with Crippen LogP contribution in [0.2, 0.25) is 5.02 Å². The van der Waals surface area contributed by atoms with Crippen molar-refractivity contribution in [2.75, 3.05) is 10.7 Å². The van der Waals surface area contributed by atoms with Crippen LogP contribution in [0.25, 0.3) is 0 Å². The lowest BCUT2D eigenvalue weighted by Crippen LogP contribution is -2.27. The average Bonchev–Trinajstić information content (AvgIpc) is 3.05. The highest BCUT2D eigenvalue weighted by Crippen LogP contribution is 2.39. The van der Waals surface area contributed by atoms with Crippen molar-refractivity contribution in [1.29, 1.82) is 0 Å². The third-order valence-electron chi connectivity index (χ3n) is 5.61. The number of carbonyl (C=O) groups is 1. The molecular formula is C25H26ClN3O2. The quantitative estimate of drug-likeness (QED) is 0.454. The number of furan rings is 1. The van der Waals surface area contributed by atoms with Crippen LogP contribution < -0.4 is 10.7 Å². The van der Waals surface area contributed by atoms with E-state index in [4.69, 9.17) is 21.1 Å². The van der Waals surface area contributed by atoms with Gasteiger partial charge in [0.15, 0.2) is 5.76 Å². The molecule has 0 saturated carbocycles. The number of fused-ring (bicyclic) bond motifs is 1. The summed E-state index contributed by atoms with van der Waals surface area (Å²) < 4.78 is 6.11. The van der Waals surface area contributed by atoms with Crippen molar-refractivity contribution in [3.63, 3.8) is 0 Å². The highest BCUT2D eigenvalue weighted by atomic mass is 35.5. The van der Waals surface area contributed by atoms with Crippen molar-refractivity contribution in [3.05, 3.63) is 81.8 Å². The summed E-state index contributed by atoms with van der Waals surface area (Å²) in [4.78, 5) is 13.1. The normalized spacial score (nSPS) is 16.1. The molecule has 0 saturated heterocycles. The number of amides is 1. The van der Waals surface area contributed by atoms with Gasteiger partial charge in [-0.2, -0.15) is 5.10 Å². The topological polar surface area (TPSA) is 66.6 Å². The first-order valence-electron chi connectivity index (χ1n) is 10.3. The predicted octanol–water partition coefficient (Wildman–Crippen LogP) is 6.59. The van der Waals surface area contributed by atoms with Crippen molar-refractivity contribution in [2.45, 2.75) is 40.5 Å². The molecule has 4 rings (SSSR count). The van der Waals surface area contributed by atoms with E-state index in [9.17, 15) is 4.79 Å². The van der Waals surface area contributed by atoms with E-state index in [1.807, 2.05) is 56.3 Å². The fourth-order valence-corrected chi connectivity index (χ4v) is 4.17. The maximum absolute atomic E-state index is 13.1. The van der Waals surface area contributed by atoms with Crippen molar-refractivity contribution in [1.82, 2.24) is 0 Å². The largest absolute Gasteiger partial charge is 0.455 e. The second-order valence-electron chi connectivity index (χ2n) is 8.77. The number of halogens is 1. The second kappa shape index (κ2) is 8.23. The summed E-state index contributed by atoms with van der Waals surface area (Å²) >= 11 is 6.20. The Bertz CT molecular complexity index is 1160. The Hall–Kier alpha value is -3.05. The Kier molecular flexibility index (Phi) is 5.63. The van der Waals surface area contributed by atoms with E-state index in [1.165, 1.54) is 0 Å². The molecule has 0 aliphatic heterocycles. The van der Waals surface area contributed by atoms with Gasteiger partial charge in [0, 0.05) is 28.3 Å². The summed E-state index contributed by atoms with van der Waals surface area (Å²) in [5.74, 6) is 0.829. The summed E-state index contributed by atoms with van der Waals surface area (Å²) in [6, 6.07) is 15.3. The van der Waals surface area contributed by atoms with Gasteiger partial charge in [-0.3, -0.25) is 10.2 Å². The van der Waals surface area contributed by atoms with Gasteiger partial charge in [-0.1, -0.05) is 49.7 Å². The number of nitrogens with one attached hydrogen (secondary N) is 2. The first kappa shape index (κ1) is 21.2. The molecule has 1 amide bonds. The van der Waals surface area contributed by atoms with Gasteiger partial charge in [-0.05, 0) is 55.5 Å². The molecule has 0 spiro atoms. The molecule has 1 heterocycles. The molecule has 6 heteroatoms. The van der Waals surface area contributed by atoms with E-state index in [0.29, 0.717) is 16.5 Å². The molecule has 31 heavy (non-hydrogen) atoms. The van der Waals surface area contributed by atoms with Crippen LogP contribution in [0.3, 0.4) is 0 Å². The monoisotopic (exact) mass is 435 g/mol. The molecule has 1 aliphatic rings. The molecule has 1 aliphatic carbocycles. The van der Waals surface area contributed by atoms with Crippen LogP contribution in [0, 0.1) is 19.3 Å². The minimum absolute atomic E-state index is 0.0220. The summed E-state index contributed by atoms with van der Waals surface area (Å²) in [5, 5.41) is 8.24. The Morgan fingerprint density at radius 1 is 1.03 bits per heavy atom. The minimum Gasteiger partial charge on any atom is -0.455 e. The van der Waals surface area contributed by atoms with Crippen LogP contribution in [0.5, 0.6) is 0 Å². The molecule has 0 unspecified atom stereocenters. The maximum Gasteiger partial charge on any atom is 0.291 e. The van der Waals surface area contributed by atoms with Crippen LogP contribution in [0.1, 0.15) is 53.3 Å². The van der Waals surface area contributed by atoms with Crippen LogP contribution in [0.4, 0.5) is 11.4 Å². The third-order valence-corrected chi connectivity index (χ3v) is 6.02. The average molecular weight is 436 g/mol. The number of nitrogens with zero attached hydrogens (tertiary/aromatic N) is 1. The molecule has 0 radical (unpaired) electrons. The standard InChI is InChI=1S/C25H26ClN3O2/c1-15-18(26)11-8-12-19(15)27-24(30)23-16(2)22-20(13-25(3,4)14-21(22)31-23)29-28-17-9-6-5-7-10-17/h5-12,28H,13-14H2,1-4H3,(H,27,30)/b29-20-. The van der Waals surface area contributed by atoms with Gasteiger partial charge in [0.25, 0.3) is 5.91 Å². The molecule has 0 fully saturated rings. The lowest BCUT2D eigenvalue weighted by Gasteiger charge is -2.29. The summed E-state index contributed by atoms with van der Waals surface area (Å²) in [5.41, 5.74) is 8.15. The van der Waals surface area contributed by atoms with Crippen LogP contribution in [-0.2, 0) is 6.42 Å². The Balaban J connectivity index is 1.68. The zero-order valence-electron chi connectivity index (χ0n) is 18.2. The van der Waals surface area contributed by atoms with E-state index in [2.05, 4.69) is 24.6 Å². The van der Waals surface area contributed by atoms with Crippen molar-refractivity contribution < 1.29 is 9.21 Å². The van der Waals surface area contributed by atoms with E-state index in [-0.39, 0.29) is 11.3 Å². The Morgan fingerprint density at radius 2 is 1.77 bits per heavy atom. The number of para-hydroxylation sites is 1. The van der Waals surface area contributed by atoms with Gasteiger partial charge < -0.3 is 9.73 Å². The van der Waals surface area contributed by atoms with Crippen molar-refractivity contribution in [3.8, 4) is 0 Å². The van der Waals surface area contributed by atoms with Crippen LogP contribution in [-0.4, -0.2) is 11.6 Å².